The molecule has 1 fully saturated rings. The Morgan fingerprint density at radius 1 is 1.15 bits per heavy atom. The number of anilines is 1. The van der Waals surface area contributed by atoms with E-state index >= 15 is 4.39 Å². The largest absolute Gasteiger partial charge is 0.493 e. The van der Waals surface area contributed by atoms with Crippen LogP contribution in [0.2, 0.25) is 0 Å². The Morgan fingerprint density at radius 2 is 1.87 bits per heavy atom. The summed E-state index contributed by atoms with van der Waals surface area (Å²) in [5.41, 5.74) is 2.31. The lowest BCUT2D eigenvalue weighted by atomic mass is 10.1. The smallest absolute Gasteiger partial charge is 0.410 e. The second-order valence-electron chi connectivity index (χ2n) is 11.1. The minimum absolute atomic E-state index is 0.0129. The summed E-state index contributed by atoms with van der Waals surface area (Å²) in [5.74, 6) is 0.672. The summed E-state index contributed by atoms with van der Waals surface area (Å²) in [6.07, 6.45) is 0.529. The maximum Gasteiger partial charge on any atom is 0.410 e. The number of carbonyl (C=O) groups excluding carboxylic acids is 1. The van der Waals surface area contributed by atoms with Gasteiger partial charge in [-0.05, 0) is 71.4 Å². The van der Waals surface area contributed by atoms with Crippen molar-refractivity contribution in [3.8, 4) is 17.0 Å². The van der Waals surface area contributed by atoms with Crippen LogP contribution >= 0.6 is 0 Å². The number of fused-ring (bicyclic) bond motifs is 2. The normalized spacial score (nSPS) is 15.9. The molecule has 4 heterocycles. The number of benzene rings is 1. The monoisotopic (exact) mass is 535 g/mol. The first-order valence-corrected chi connectivity index (χ1v) is 13.1. The van der Waals surface area contributed by atoms with Crippen LogP contribution in [0.15, 0.2) is 34.7 Å². The summed E-state index contributed by atoms with van der Waals surface area (Å²) < 4.78 is 31.7. The molecule has 5 rings (SSSR count). The van der Waals surface area contributed by atoms with Crippen LogP contribution in [0.4, 0.5) is 15.0 Å². The summed E-state index contributed by atoms with van der Waals surface area (Å²) in [5, 5.41) is 0. The topological polar surface area (TPSA) is 93.8 Å². The predicted molar refractivity (Wildman–Crippen MR) is 148 cm³/mol. The van der Waals surface area contributed by atoms with Gasteiger partial charge in [0.2, 0.25) is 0 Å². The highest BCUT2D eigenvalue weighted by Gasteiger charge is 2.35. The summed E-state index contributed by atoms with van der Waals surface area (Å²) in [6.45, 7) is 12.7. The standard InChI is InChI=1S/C29H34FN5O4/c1-16(2)35(28(36)39-29(4,5)6)18-12-13-34(15-18)24-11-10-21-22(33-24)9-8-20(32-21)19-14-23-26(31-17(3)38-23)25(30)27(19)37-7/h8-11,14,16,18H,12-13,15H2,1-7H3. The van der Waals surface area contributed by atoms with Crippen LogP contribution in [0, 0.1) is 12.7 Å². The lowest BCUT2D eigenvalue weighted by molar-refractivity contribution is 0.0107. The minimum Gasteiger partial charge on any atom is -0.493 e. The van der Waals surface area contributed by atoms with E-state index in [1.54, 1.807) is 19.1 Å². The highest BCUT2D eigenvalue weighted by Crippen LogP contribution is 2.37. The summed E-state index contributed by atoms with van der Waals surface area (Å²) in [7, 11) is 1.42. The van der Waals surface area contributed by atoms with Crippen molar-refractivity contribution in [1.82, 2.24) is 19.9 Å². The first-order valence-electron chi connectivity index (χ1n) is 13.1. The molecule has 0 saturated carbocycles. The van der Waals surface area contributed by atoms with Gasteiger partial charge in [0.1, 0.15) is 16.9 Å². The number of methoxy groups -OCH3 is 1. The molecule has 0 bridgehead atoms. The fourth-order valence-electron chi connectivity index (χ4n) is 5.11. The molecule has 1 atom stereocenters. The van der Waals surface area contributed by atoms with E-state index in [0.29, 0.717) is 40.3 Å². The van der Waals surface area contributed by atoms with Gasteiger partial charge in [0.05, 0.1) is 29.9 Å². The van der Waals surface area contributed by atoms with Gasteiger partial charge in [-0.3, -0.25) is 0 Å². The number of oxazole rings is 1. The SMILES string of the molecule is COc1c(-c2ccc3nc(N4CCC(N(C(=O)OC(C)(C)C)C(C)C)C4)ccc3n2)cc2oc(C)nc2c1F. The average molecular weight is 536 g/mol. The third-order valence-electron chi connectivity index (χ3n) is 6.74. The van der Waals surface area contributed by atoms with Crippen molar-refractivity contribution in [1.29, 1.82) is 0 Å². The number of hydrogen-bond acceptors (Lipinski definition) is 8. The second-order valence-corrected chi connectivity index (χ2v) is 11.1. The van der Waals surface area contributed by atoms with Crippen LogP contribution in [0.25, 0.3) is 33.4 Å². The lowest BCUT2D eigenvalue weighted by Crippen LogP contribution is -2.48. The van der Waals surface area contributed by atoms with Crippen molar-refractivity contribution in [2.45, 2.75) is 65.6 Å². The van der Waals surface area contributed by atoms with Crippen LogP contribution < -0.4 is 9.64 Å². The van der Waals surface area contributed by atoms with E-state index in [2.05, 4.69) is 9.88 Å². The quantitative estimate of drug-likeness (QED) is 0.302. The molecule has 3 aromatic heterocycles. The van der Waals surface area contributed by atoms with Crippen molar-refractivity contribution >= 4 is 34.0 Å². The maximum absolute atomic E-state index is 15.1. The van der Waals surface area contributed by atoms with Gasteiger partial charge >= 0.3 is 6.09 Å². The molecule has 9 nitrogen and oxygen atoms in total. The molecule has 0 radical (unpaired) electrons. The summed E-state index contributed by atoms with van der Waals surface area (Å²) in [6, 6.07) is 9.22. The molecule has 0 aliphatic carbocycles. The Balaban J connectivity index is 1.40. The number of amides is 1. The molecule has 0 spiro atoms. The molecule has 10 heteroatoms. The van der Waals surface area contributed by atoms with Crippen molar-refractivity contribution in [3.05, 3.63) is 42.0 Å². The molecule has 1 amide bonds. The fraction of sp³-hybridized carbons (Fsp3) is 0.448. The number of aromatic nitrogens is 3. The number of halogens is 1. The Labute approximate surface area is 226 Å². The molecule has 4 aromatic rings. The average Bonchev–Trinajstić information content (AvgIpc) is 3.48. The minimum atomic E-state index is -0.581. The molecule has 1 aliphatic rings. The zero-order valence-corrected chi connectivity index (χ0v) is 23.4. The number of ether oxygens (including phenoxy) is 2. The van der Waals surface area contributed by atoms with Gasteiger partial charge in [-0.1, -0.05) is 0 Å². The van der Waals surface area contributed by atoms with E-state index in [9.17, 15) is 4.79 Å². The molecule has 206 valence electrons. The van der Waals surface area contributed by atoms with E-state index in [0.717, 1.165) is 18.8 Å². The van der Waals surface area contributed by atoms with Gasteiger partial charge in [-0.15, -0.1) is 0 Å². The van der Waals surface area contributed by atoms with Crippen molar-refractivity contribution in [3.63, 3.8) is 0 Å². The van der Waals surface area contributed by atoms with Gasteiger partial charge in [0.15, 0.2) is 23.0 Å². The second kappa shape index (κ2) is 9.98. The van der Waals surface area contributed by atoms with E-state index in [4.69, 9.17) is 23.9 Å². The number of pyridine rings is 2. The van der Waals surface area contributed by atoms with Crippen LogP contribution in [-0.4, -0.2) is 63.8 Å². The van der Waals surface area contributed by atoms with E-state index in [1.165, 1.54) is 7.11 Å². The van der Waals surface area contributed by atoms with Crippen molar-refractivity contribution in [2.75, 3.05) is 25.1 Å². The molecule has 39 heavy (non-hydrogen) atoms. The third-order valence-corrected chi connectivity index (χ3v) is 6.74. The molecule has 1 aromatic carbocycles. The molecule has 0 N–H and O–H groups in total. The first-order chi connectivity index (χ1) is 18.4. The highest BCUT2D eigenvalue weighted by atomic mass is 19.1. The van der Waals surface area contributed by atoms with Crippen molar-refractivity contribution in [2.24, 2.45) is 0 Å². The third kappa shape index (κ3) is 5.20. The van der Waals surface area contributed by atoms with Gasteiger partial charge in [-0.2, -0.15) is 0 Å². The highest BCUT2D eigenvalue weighted by molar-refractivity contribution is 5.87. The lowest BCUT2D eigenvalue weighted by Gasteiger charge is -2.34. The van der Waals surface area contributed by atoms with Gasteiger partial charge in [-0.25, -0.2) is 24.1 Å². The number of aryl methyl sites for hydroxylation is 1. The maximum atomic E-state index is 15.1. The summed E-state index contributed by atoms with van der Waals surface area (Å²) in [4.78, 5) is 30.6. The van der Waals surface area contributed by atoms with Crippen LogP contribution in [0.3, 0.4) is 0 Å². The fourth-order valence-corrected chi connectivity index (χ4v) is 5.11. The molecular formula is C29H34FN5O4. The van der Waals surface area contributed by atoms with Gasteiger partial charge in [0, 0.05) is 31.6 Å². The zero-order chi connectivity index (χ0) is 28.1. The molecule has 1 saturated heterocycles. The predicted octanol–water partition coefficient (Wildman–Crippen LogP) is 6.12. The van der Waals surface area contributed by atoms with Crippen LogP contribution in [0.5, 0.6) is 5.75 Å². The Bertz CT molecular complexity index is 1540. The Kier molecular flexibility index (Phi) is 6.82. The van der Waals surface area contributed by atoms with Crippen LogP contribution in [-0.2, 0) is 4.74 Å². The van der Waals surface area contributed by atoms with E-state index in [1.807, 2.05) is 57.7 Å². The van der Waals surface area contributed by atoms with E-state index in [-0.39, 0.29) is 29.4 Å². The number of carbonyl (C=O) groups is 1. The first kappa shape index (κ1) is 26.6. The zero-order valence-electron chi connectivity index (χ0n) is 23.4. The molecule has 1 unspecified atom stereocenters. The van der Waals surface area contributed by atoms with Crippen LogP contribution in [0.1, 0.15) is 46.9 Å². The summed E-state index contributed by atoms with van der Waals surface area (Å²) >= 11 is 0. The number of hydrogen-bond donors (Lipinski definition) is 0. The Hall–Kier alpha value is -3.95. The molecule has 1 aliphatic heterocycles. The Morgan fingerprint density at radius 3 is 2.56 bits per heavy atom. The van der Waals surface area contributed by atoms with Gasteiger partial charge in [0.25, 0.3) is 0 Å². The van der Waals surface area contributed by atoms with E-state index < -0.39 is 11.4 Å². The number of nitrogens with zero attached hydrogens (tertiary/aromatic N) is 5. The van der Waals surface area contributed by atoms with Gasteiger partial charge < -0.3 is 23.7 Å². The molecular weight excluding hydrogens is 501 g/mol. The van der Waals surface area contributed by atoms with Crippen molar-refractivity contribution < 1.29 is 23.1 Å². The number of rotatable bonds is 5.